The van der Waals surface area contributed by atoms with Gasteiger partial charge in [0.1, 0.15) is 5.82 Å². The number of benzene rings is 2. The lowest BCUT2D eigenvalue weighted by molar-refractivity contribution is 0.149. The molecule has 0 radical (unpaired) electrons. The van der Waals surface area contributed by atoms with E-state index in [-0.39, 0.29) is 11.7 Å². The topological polar surface area (TPSA) is 20.2 Å². The summed E-state index contributed by atoms with van der Waals surface area (Å²) in [6.45, 7) is 1.98. The van der Waals surface area contributed by atoms with Crippen LogP contribution in [0.5, 0.6) is 0 Å². The lowest BCUT2D eigenvalue weighted by atomic mass is 9.91. The molecule has 3 heteroatoms. The summed E-state index contributed by atoms with van der Waals surface area (Å²) in [6, 6.07) is 14.6. The number of rotatable bonds is 4. The number of aliphatic hydroxyl groups excluding tert-OH is 1. The summed E-state index contributed by atoms with van der Waals surface area (Å²) in [6.07, 6.45) is -0.0945. The van der Waals surface area contributed by atoms with Gasteiger partial charge in [0.15, 0.2) is 0 Å². The highest BCUT2D eigenvalue weighted by atomic mass is 79.9. The van der Waals surface area contributed by atoms with Crippen molar-refractivity contribution in [3.05, 3.63) is 69.9 Å². The van der Waals surface area contributed by atoms with E-state index in [0.717, 1.165) is 11.1 Å². The Morgan fingerprint density at radius 1 is 1.16 bits per heavy atom. The average molecular weight is 323 g/mol. The van der Waals surface area contributed by atoms with Gasteiger partial charge in [0.2, 0.25) is 0 Å². The molecule has 2 unspecified atom stereocenters. The molecular formula is C16H16BrFO. The van der Waals surface area contributed by atoms with E-state index in [4.69, 9.17) is 0 Å². The molecule has 0 aliphatic carbocycles. The van der Waals surface area contributed by atoms with E-state index < -0.39 is 6.10 Å². The van der Waals surface area contributed by atoms with Gasteiger partial charge >= 0.3 is 0 Å². The van der Waals surface area contributed by atoms with E-state index >= 15 is 0 Å². The van der Waals surface area contributed by atoms with E-state index in [9.17, 15) is 9.50 Å². The third kappa shape index (κ3) is 3.88. The third-order valence-electron chi connectivity index (χ3n) is 3.27. The first-order chi connectivity index (χ1) is 9.06. The summed E-state index contributed by atoms with van der Waals surface area (Å²) < 4.78 is 14.0. The van der Waals surface area contributed by atoms with E-state index in [0.29, 0.717) is 10.9 Å². The van der Waals surface area contributed by atoms with Crippen molar-refractivity contribution in [1.29, 1.82) is 0 Å². The van der Waals surface area contributed by atoms with Crippen molar-refractivity contribution in [3.63, 3.8) is 0 Å². The molecule has 2 aromatic rings. The lowest BCUT2D eigenvalue weighted by Gasteiger charge is -2.19. The molecule has 0 amide bonds. The molecule has 0 aromatic heterocycles. The van der Waals surface area contributed by atoms with Crippen molar-refractivity contribution in [2.24, 2.45) is 0 Å². The molecule has 0 heterocycles. The maximum atomic E-state index is 13.3. The van der Waals surface area contributed by atoms with Crippen molar-refractivity contribution >= 4 is 15.9 Å². The van der Waals surface area contributed by atoms with Crippen LogP contribution in [0.4, 0.5) is 4.39 Å². The summed E-state index contributed by atoms with van der Waals surface area (Å²) in [5.74, 6) is -0.271. The van der Waals surface area contributed by atoms with Crippen LogP contribution in [0.2, 0.25) is 0 Å². The molecule has 0 saturated carbocycles. The highest BCUT2D eigenvalue weighted by Crippen LogP contribution is 2.23. The van der Waals surface area contributed by atoms with Crippen LogP contribution in [0.25, 0.3) is 0 Å². The van der Waals surface area contributed by atoms with Gasteiger partial charge in [-0.05, 0) is 35.7 Å². The first-order valence-corrected chi connectivity index (χ1v) is 7.03. The van der Waals surface area contributed by atoms with Crippen molar-refractivity contribution < 1.29 is 9.50 Å². The van der Waals surface area contributed by atoms with Gasteiger partial charge in [0, 0.05) is 10.4 Å². The predicted octanol–water partition coefficient (Wildman–Crippen LogP) is 4.30. The average Bonchev–Trinajstić information content (AvgIpc) is 2.37. The Morgan fingerprint density at radius 3 is 2.47 bits per heavy atom. The van der Waals surface area contributed by atoms with Crippen LogP contribution in [-0.2, 0) is 6.42 Å². The molecule has 100 valence electrons. The van der Waals surface area contributed by atoms with Gasteiger partial charge in [-0.25, -0.2) is 4.39 Å². The number of aliphatic hydroxyl groups is 1. The molecule has 0 saturated heterocycles. The molecule has 0 aliphatic heterocycles. The largest absolute Gasteiger partial charge is 0.392 e. The van der Waals surface area contributed by atoms with Gasteiger partial charge in [0.25, 0.3) is 0 Å². The first-order valence-electron chi connectivity index (χ1n) is 6.24. The number of hydrogen-bond donors (Lipinski definition) is 1. The number of hydrogen-bond acceptors (Lipinski definition) is 1. The van der Waals surface area contributed by atoms with E-state index in [2.05, 4.69) is 15.9 Å². The van der Waals surface area contributed by atoms with Crippen LogP contribution in [0.15, 0.2) is 53.0 Å². The molecule has 2 atom stereocenters. The Morgan fingerprint density at radius 2 is 1.84 bits per heavy atom. The van der Waals surface area contributed by atoms with Crippen molar-refractivity contribution in [2.45, 2.75) is 25.4 Å². The van der Waals surface area contributed by atoms with Crippen LogP contribution in [0.1, 0.15) is 24.0 Å². The summed E-state index contributed by atoms with van der Waals surface area (Å²) in [5, 5.41) is 10.3. The lowest BCUT2D eigenvalue weighted by Crippen LogP contribution is -2.18. The van der Waals surface area contributed by atoms with Crippen molar-refractivity contribution in [2.75, 3.05) is 0 Å². The minimum Gasteiger partial charge on any atom is -0.392 e. The molecule has 2 rings (SSSR count). The smallest absolute Gasteiger partial charge is 0.124 e. The maximum Gasteiger partial charge on any atom is 0.124 e. The molecule has 0 fully saturated rings. The Bertz CT molecular complexity index is 521. The highest BCUT2D eigenvalue weighted by molar-refractivity contribution is 9.10. The van der Waals surface area contributed by atoms with Gasteiger partial charge < -0.3 is 5.11 Å². The van der Waals surface area contributed by atoms with Crippen LogP contribution in [0, 0.1) is 5.82 Å². The van der Waals surface area contributed by atoms with Crippen LogP contribution >= 0.6 is 15.9 Å². The Labute approximate surface area is 121 Å². The van der Waals surface area contributed by atoms with Crippen LogP contribution in [0.3, 0.4) is 0 Å². The SMILES string of the molecule is CC(c1ccccc1)C(O)Cc1cc(F)cc(Br)c1. The van der Waals surface area contributed by atoms with Gasteiger partial charge in [0.05, 0.1) is 6.10 Å². The predicted molar refractivity (Wildman–Crippen MR) is 78.7 cm³/mol. The second kappa shape index (κ2) is 6.31. The highest BCUT2D eigenvalue weighted by Gasteiger charge is 2.17. The van der Waals surface area contributed by atoms with Gasteiger partial charge in [-0.1, -0.05) is 53.2 Å². The van der Waals surface area contributed by atoms with Crippen LogP contribution < -0.4 is 0 Å². The van der Waals surface area contributed by atoms with E-state index in [1.54, 1.807) is 0 Å². The standard InChI is InChI=1S/C16H16BrFO/c1-11(13-5-3-2-4-6-13)16(19)9-12-7-14(17)10-15(18)8-12/h2-8,10-11,16,19H,9H2,1H3. The zero-order valence-corrected chi connectivity index (χ0v) is 12.3. The Kier molecular flexibility index (Phi) is 4.72. The van der Waals surface area contributed by atoms with Gasteiger partial charge in [-0.3, -0.25) is 0 Å². The minimum absolute atomic E-state index is 0.0169. The Balaban J connectivity index is 2.10. The summed E-state index contributed by atoms with van der Waals surface area (Å²) in [5.41, 5.74) is 1.88. The molecule has 0 bridgehead atoms. The molecule has 1 nitrogen and oxygen atoms in total. The quantitative estimate of drug-likeness (QED) is 0.890. The van der Waals surface area contributed by atoms with Crippen molar-refractivity contribution in [1.82, 2.24) is 0 Å². The minimum atomic E-state index is -0.531. The molecular weight excluding hydrogens is 307 g/mol. The fraction of sp³-hybridized carbons (Fsp3) is 0.250. The Hall–Kier alpha value is -1.19. The summed E-state index contributed by atoms with van der Waals surface area (Å²) in [4.78, 5) is 0. The maximum absolute atomic E-state index is 13.3. The first kappa shape index (κ1) is 14.2. The van der Waals surface area contributed by atoms with Gasteiger partial charge in [-0.2, -0.15) is 0 Å². The number of halogens is 2. The third-order valence-corrected chi connectivity index (χ3v) is 3.73. The summed E-state index contributed by atoms with van der Waals surface area (Å²) in [7, 11) is 0. The zero-order chi connectivity index (χ0) is 13.8. The fourth-order valence-electron chi connectivity index (χ4n) is 2.13. The molecule has 1 N–H and O–H groups in total. The zero-order valence-electron chi connectivity index (χ0n) is 10.7. The molecule has 0 spiro atoms. The molecule has 0 aliphatic rings. The van der Waals surface area contributed by atoms with Crippen molar-refractivity contribution in [3.8, 4) is 0 Å². The van der Waals surface area contributed by atoms with E-state index in [1.165, 1.54) is 12.1 Å². The van der Waals surface area contributed by atoms with Crippen LogP contribution in [-0.4, -0.2) is 11.2 Å². The second-order valence-electron chi connectivity index (χ2n) is 4.75. The van der Waals surface area contributed by atoms with E-state index in [1.807, 2.05) is 43.3 Å². The molecule has 2 aromatic carbocycles. The normalized spacial score (nSPS) is 14.1. The van der Waals surface area contributed by atoms with Gasteiger partial charge in [-0.15, -0.1) is 0 Å². The fourth-order valence-corrected chi connectivity index (χ4v) is 2.64. The second-order valence-corrected chi connectivity index (χ2v) is 5.66. The molecule has 19 heavy (non-hydrogen) atoms. The summed E-state index contributed by atoms with van der Waals surface area (Å²) >= 11 is 3.26. The monoisotopic (exact) mass is 322 g/mol.